The van der Waals surface area contributed by atoms with Crippen LogP contribution in [0.15, 0.2) is 57.7 Å². The number of aryl methyl sites for hydroxylation is 1. The number of aromatic nitrogens is 2. The molecular weight excluding hydrogens is 383 g/mol. The van der Waals surface area contributed by atoms with E-state index in [0.29, 0.717) is 29.9 Å². The van der Waals surface area contributed by atoms with Gasteiger partial charge in [0.2, 0.25) is 5.89 Å². The number of nitrogens with zero attached hydrogens (tertiary/aromatic N) is 4. The van der Waals surface area contributed by atoms with E-state index >= 15 is 4.39 Å². The van der Waals surface area contributed by atoms with E-state index < -0.39 is 5.67 Å². The molecule has 0 aliphatic carbocycles. The number of anilines is 1. The maximum absolute atomic E-state index is 15.8. The summed E-state index contributed by atoms with van der Waals surface area (Å²) in [4.78, 5) is 19.0. The molecule has 0 N–H and O–H groups in total. The molecule has 7 heteroatoms. The number of rotatable bonds is 2. The summed E-state index contributed by atoms with van der Waals surface area (Å²) >= 11 is 0. The quantitative estimate of drug-likeness (QED) is 0.506. The van der Waals surface area contributed by atoms with Gasteiger partial charge in [-0.25, -0.2) is 9.37 Å². The van der Waals surface area contributed by atoms with E-state index in [1.165, 1.54) is 4.57 Å². The third-order valence-corrected chi connectivity index (χ3v) is 5.94. The molecule has 0 radical (unpaired) electrons. The second-order valence-corrected chi connectivity index (χ2v) is 7.66. The summed E-state index contributed by atoms with van der Waals surface area (Å²) in [6, 6.07) is 16.8. The van der Waals surface area contributed by atoms with Crippen molar-refractivity contribution in [3.8, 4) is 6.07 Å². The number of nitriles is 1. The Morgan fingerprint density at radius 2 is 1.83 bits per heavy atom. The van der Waals surface area contributed by atoms with Crippen molar-refractivity contribution in [2.45, 2.75) is 18.5 Å². The van der Waals surface area contributed by atoms with Gasteiger partial charge in [0, 0.05) is 38.4 Å². The fraction of sp³-hybridized carbons (Fsp3) is 0.261. The summed E-state index contributed by atoms with van der Waals surface area (Å²) in [5, 5.41) is 10.5. The van der Waals surface area contributed by atoms with E-state index in [1.807, 2.05) is 41.3 Å². The number of pyridine rings is 1. The van der Waals surface area contributed by atoms with E-state index in [9.17, 15) is 10.1 Å². The molecule has 2 aromatic heterocycles. The van der Waals surface area contributed by atoms with Gasteiger partial charge >= 0.3 is 0 Å². The van der Waals surface area contributed by atoms with E-state index in [1.54, 1.807) is 19.2 Å². The highest BCUT2D eigenvalue weighted by molar-refractivity contribution is 5.95. The van der Waals surface area contributed by atoms with Gasteiger partial charge in [0.1, 0.15) is 17.1 Å². The van der Waals surface area contributed by atoms with Gasteiger partial charge in [0.25, 0.3) is 5.56 Å². The van der Waals surface area contributed by atoms with Crippen LogP contribution in [0, 0.1) is 11.3 Å². The molecule has 0 saturated carbocycles. The molecule has 2 aromatic carbocycles. The van der Waals surface area contributed by atoms with E-state index in [4.69, 9.17) is 4.42 Å². The second-order valence-electron chi connectivity index (χ2n) is 7.66. The molecule has 5 rings (SSSR count). The Labute approximate surface area is 171 Å². The van der Waals surface area contributed by atoms with Crippen molar-refractivity contribution in [3.05, 3.63) is 70.3 Å². The molecule has 4 aromatic rings. The number of halogens is 1. The molecule has 0 amide bonds. The van der Waals surface area contributed by atoms with Gasteiger partial charge in [-0.05, 0) is 18.2 Å². The Morgan fingerprint density at radius 1 is 1.13 bits per heavy atom. The highest BCUT2D eigenvalue weighted by Crippen LogP contribution is 2.40. The maximum Gasteiger partial charge on any atom is 0.270 e. The summed E-state index contributed by atoms with van der Waals surface area (Å²) in [6.45, 7) is 0.697. The highest BCUT2D eigenvalue weighted by atomic mass is 19.1. The van der Waals surface area contributed by atoms with Gasteiger partial charge in [0.05, 0.1) is 11.2 Å². The summed E-state index contributed by atoms with van der Waals surface area (Å²) in [5.74, 6) is 0.0951. The summed E-state index contributed by atoms with van der Waals surface area (Å²) in [6.07, 6.45) is 0.322. The molecule has 0 spiro atoms. The van der Waals surface area contributed by atoms with Crippen LogP contribution in [0.4, 0.5) is 10.1 Å². The predicted molar refractivity (Wildman–Crippen MR) is 112 cm³/mol. The Kier molecular flexibility index (Phi) is 4.10. The lowest BCUT2D eigenvalue weighted by atomic mass is 9.92. The van der Waals surface area contributed by atoms with Crippen molar-refractivity contribution in [2.75, 3.05) is 18.0 Å². The number of fused-ring (bicyclic) bond motifs is 2. The van der Waals surface area contributed by atoms with Crippen molar-refractivity contribution in [1.82, 2.24) is 9.55 Å². The predicted octanol–water partition coefficient (Wildman–Crippen LogP) is 4.02. The zero-order chi connectivity index (χ0) is 20.9. The maximum atomic E-state index is 15.8. The van der Waals surface area contributed by atoms with Crippen LogP contribution in [0.5, 0.6) is 0 Å². The van der Waals surface area contributed by atoms with Crippen LogP contribution >= 0.6 is 0 Å². The lowest BCUT2D eigenvalue weighted by molar-refractivity contribution is 0.0905. The van der Waals surface area contributed by atoms with Crippen LogP contribution < -0.4 is 10.5 Å². The minimum atomic E-state index is -1.68. The van der Waals surface area contributed by atoms with Gasteiger partial charge < -0.3 is 13.9 Å². The first kappa shape index (κ1) is 18.4. The molecule has 1 fully saturated rings. The first-order chi connectivity index (χ1) is 14.5. The smallest absolute Gasteiger partial charge is 0.270 e. The zero-order valence-electron chi connectivity index (χ0n) is 16.4. The summed E-state index contributed by atoms with van der Waals surface area (Å²) in [7, 11) is 1.66. The number of para-hydroxylation sites is 3. The zero-order valence-corrected chi connectivity index (χ0v) is 16.4. The van der Waals surface area contributed by atoms with Crippen molar-refractivity contribution < 1.29 is 8.81 Å². The average Bonchev–Trinajstić information content (AvgIpc) is 3.22. The lowest BCUT2D eigenvalue weighted by Gasteiger charge is -2.36. The topological polar surface area (TPSA) is 75.1 Å². The van der Waals surface area contributed by atoms with Gasteiger partial charge in [-0.2, -0.15) is 5.26 Å². The van der Waals surface area contributed by atoms with Gasteiger partial charge in [0.15, 0.2) is 11.3 Å². The van der Waals surface area contributed by atoms with Crippen molar-refractivity contribution in [2.24, 2.45) is 7.05 Å². The molecule has 0 atom stereocenters. The molecule has 3 heterocycles. The Hall–Kier alpha value is -3.66. The monoisotopic (exact) mass is 402 g/mol. The third-order valence-electron chi connectivity index (χ3n) is 5.94. The van der Waals surface area contributed by atoms with Crippen LogP contribution in [0.2, 0.25) is 0 Å². The van der Waals surface area contributed by atoms with E-state index in [2.05, 4.69) is 11.1 Å². The summed E-state index contributed by atoms with van der Waals surface area (Å²) < 4.78 is 22.9. The third kappa shape index (κ3) is 2.68. The molecule has 0 bridgehead atoms. The molecule has 1 aliphatic rings. The molecule has 1 saturated heterocycles. The number of oxazole rings is 1. The minimum absolute atomic E-state index is 0.0874. The van der Waals surface area contributed by atoms with Gasteiger partial charge in [-0.15, -0.1) is 0 Å². The van der Waals surface area contributed by atoms with Crippen LogP contribution in [-0.4, -0.2) is 22.6 Å². The minimum Gasteiger partial charge on any atom is -0.437 e. The SMILES string of the molecule is Cn1c(=O)c(C#N)c(N2CCC(F)(c3nc4ccccc4o3)CC2)c2ccccc21. The molecule has 150 valence electrons. The number of alkyl halides is 1. The van der Waals surface area contributed by atoms with Crippen molar-refractivity contribution in [1.29, 1.82) is 5.26 Å². The first-order valence-corrected chi connectivity index (χ1v) is 9.83. The van der Waals surface area contributed by atoms with Crippen LogP contribution in [0.25, 0.3) is 22.0 Å². The van der Waals surface area contributed by atoms with Crippen LogP contribution in [0.3, 0.4) is 0 Å². The van der Waals surface area contributed by atoms with E-state index in [-0.39, 0.29) is 29.9 Å². The molecule has 30 heavy (non-hydrogen) atoms. The largest absolute Gasteiger partial charge is 0.437 e. The second kappa shape index (κ2) is 6.70. The number of benzene rings is 2. The standard InChI is InChI=1S/C23H19FN4O2/c1-27-18-8-4-2-6-15(18)20(16(14-25)21(27)29)28-12-10-23(24,11-13-28)22-26-17-7-3-5-9-19(17)30-22/h2-9H,10-13H2,1H3. The average molecular weight is 402 g/mol. The van der Waals surface area contributed by atoms with Gasteiger partial charge in [-0.3, -0.25) is 4.79 Å². The first-order valence-electron chi connectivity index (χ1n) is 9.83. The molecule has 6 nitrogen and oxygen atoms in total. The molecule has 1 aliphatic heterocycles. The fourth-order valence-electron chi connectivity index (χ4n) is 4.27. The fourth-order valence-corrected chi connectivity index (χ4v) is 4.27. The van der Waals surface area contributed by atoms with Crippen LogP contribution in [-0.2, 0) is 12.7 Å². The molecular formula is C23H19FN4O2. The number of hydrogen-bond acceptors (Lipinski definition) is 5. The van der Waals surface area contributed by atoms with Crippen LogP contribution in [0.1, 0.15) is 24.3 Å². The number of hydrogen-bond donors (Lipinski definition) is 0. The highest BCUT2D eigenvalue weighted by Gasteiger charge is 2.41. The van der Waals surface area contributed by atoms with Crippen molar-refractivity contribution in [3.63, 3.8) is 0 Å². The Balaban J connectivity index is 1.53. The van der Waals surface area contributed by atoms with Crippen molar-refractivity contribution >= 4 is 27.7 Å². The summed E-state index contributed by atoms with van der Waals surface area (Å²) in [5.41, 5.74) is 0.584. The van der Waals surface area contributed by atoms with E-state index in [0.717, 1.165) is 10.9 Å². The molecule has 0 unspecified atom stereocenters. The van der Waals surface area contributed by atoms with Gasteiger partial charge in [-0.1, -0.05) is 30.3 Å². The number of piperidine rings is 1. The Bertz CT molecular complexity index is 1340. The Morgan fingerprint density at radius 3 is 2.57 bits per heavy atom. The lowest BCUT2D eigenvalue weighted by Crippen LogP contribution is -2.41. The normalized spacial score (nSPS) is 16.1.